The van der Waals surface area contributed by atoms with Gasteiger partial charge in [0.15, 0.2) is 0 Å². The minimum atomic E-state index is 0.299. The van der Waals surface area contributed by atoms with Gasteiger partial charge in [0.2, 0.25) is 0 Å². The first-order chi connectivity index (χ1) is 8.90. The molecule has 3 nitrogen and oxygen atoms in total. The lowest BCUT2D eigenvalue weighted by Crippen LogP contribution is -2.16. The van der Waals surface area contributed by atoms with E-state index in [1.807, 2.05) is 18.0 Å². The van der Waals surface area contributed by atoms with Gasteiger partial charge in [0.05, 0.1) is 10.2 Å². The Balaban J connectivity index is 1.67. The molecule has 18 heavy (non-hydrogen) atoms. The van der Waals surface area contributed by atoms with Crippen molar-refractivity contribution in [2.24, 2.45) is 0 Å². The Bertz CT molecular complexity index is 473. The maximum atomic E-state index is 8.65. The fraction of sp³-hybridized carbons (Fsp3) is 0.462. The quantitative estimate of drug-likeness (QED) is 0.730. The van der Waals surface area contributed by atoms with Crippen molar-refractivity contribution in [3.05, 3.63) is 29.3 Å². The minimum absolute atomic E-state index is 0.299. The monoisotopic (exact) mass is 282 g/mol. The first-order valence-corrected chi connectivity index (χ1v) is 8.15. The molecule has 0 aromatic carbocycles. The molecule has 2 aromatic heterocycles. The van der Waals surface area contributed by atoms with E-state index in [9.17, 15) is 0 Å². The Morgan fingerprint density at radius 2 is 2.33 bits per heavy atom. The van der Waals surface area contributed by atoms with E-state index in [2.05, 4.69) is 27.8 Å². The zero-order chi connectivity index (χ0) is 12.6. The number of nitrogens with one attached hydrogen (secondary N) is 1. The summed E-state index contributed by atoms with van der Waals surface area (Å²) in [6.07, 6.45) is 2.84. The summed E-state index contributed by atoms with van der Waals surface area (Å²) in [6, 6.07) is 4.26. The molecule has 0 saturated carbocycles. The third-order valence-electron chi connectivity index (χ3n) is 2.56. The highest BCUT2D eigenvalue weighted by Crippen LogP contribution is 2.19. The number of fused-ring (bicyclic) bond motifs is 1. The van der Waals surface area contributed by atoms with Crippen molar-refractivity contribution in [1.82, 2.24) is 10.3 Å². The maximum Gasteiger partial charge on any atom is 0.0809 e. The summed E-state index contributed by atoms with van der Waals surface area (Å²) in [7, 11) is 0. The highest BCUT2D eigenvalue weighted by molar-refractivity contribution is 7.99. The van der Waals surface area contributed by atoms with Crippen LogP contribution < -0.4 is 5.32 Å². The normalized spacial score (nSPS) is 11.2. The molecule has 0 aliphatic rings. The molecule has 0 atom stereocenters. The van der Waals surface area contributed by atoms with Gasteiger partial charge in [-0.2, -0.15) is 11.8 Å². The van der Waals surface area contributed by atoms with Gasteiger partial charge in [0.25, 0.3) is 0 Å². The second-order valence-electron chi connectivity index (χ2n) is 4.01. The smallest absolute Gasteiger partial charge is 0.0809 e. The molecule has 2 aromatic rings. The van der Waals surface area contributed by atoms with Crippen molar-refractivity contribution >= 4 is 33.3 Å². The van der Waals surface area contributed by atoms with Crippen LogP contribution in [0.15, 0.2) is 23.7 Å². The molecule has 2 N–H and O–H groups in total. The Morgan fingerprint density at radius 1 is 1.39 bits per heavy atom. The van der Waals surface area contributed by atoms with E-state index in [-0.39, 0.29) is 0 Å². The van der Waals surface area contributed by atoms with E-state index in [4.69, 9.17) is 5.11 Å². The van der Waals surface area contributed by atoms with E-state index in [1.54, 1.807) is 11.3 Å². The molecule has 0 fully saturated rings. The number of hydrogen-bond donors (Lipinski definition) is 2. The first-order valence-electron chi connectivity index (χ1n) is 6.11. The second-order valence-corrected chi connectivity index (χ2v) is 6.19. The van der Waals surface area contributed by atoms with Gasteiger partial charge in [-0.25, -0.2) is 0 Å². The number of aromatic nitrogens is 1. The highest BCUT2D eigenvalue weighted by atomic mass is 32.2. The molecule has 0 spiro atoms. The second kappa shape index (κ2) is 7.74. The van der Waals surface area contributed by atoms with E-state index < -0.39 is 0 Å². The molecule has 2 heterocycles. The fourth-order valence-electron chi connectivity index (χ4n) is 1.63. The number of thioether (sulfide) groups is 1. The van der Waals surface area contributed by atoms with E-state index in [0.29, 0.717) is 6.61 Å². The Labute approximate surface area is 116 Å². The van der Waals surface area contributed by atoms with Gasteiger partial charge in [-0.15, -0.1) is 11.3 Å². The Hall–Kier alpha value is -0.620. The van der Waals surface area contributed by atoms with Crippen LogP contribution in [-0.2, 0) is 6.54 Å². The van der Waals surface area contributed by atoms with Crippen molar-refractivity contribution < 1.29 is 5.11 Å². The third-order valence-corrected chi connectivity index (χ3v) is 4.48. The van der Waals surface area contributed by atoms with Crippen molar-refractivity contribution in [2.45, 2.75) is 13.0 Å². The van der Waals surface area contributed by atoms with Crippen LogP contribution in [-0.4, -0.2) is 34.7 Å². The molecule has 0 amide bonds. The number of nitrogens with zero attached hydrogens (tertiary/aromatic N) is 1. The molecule has 0 aliphatic heterocycles. The number of aliphatic hydroxyl groups excluding tert-OH is 1. The van der Waals surface area contributed by atoms with Gasteiger partial charge in [0, 0.05) is 31.6 Å². The Morgan fingerprint density at radius 3 is 3.22 bits per heavy atom. The molecule has 98 valence electrons. The summed E-state index contributed by atoms with van der Waals surface area (Å²) in [5.41, 5.74) is 2.33. The molecule has 0 unspecified atom stereocenters. The lowest BCUT2D eigenvalue weighted by Gasteiger charge is -2.04. The minimum Gasteiger partial charge on any atom is -0.396 e. The van der Waals surface area contributed by atoms with Crippen molar-refractivity contribution in [3.63, 3.8) is 0 Å². The van der Waals surface area contributed by atoms with Crippen LogP contribution in [0.5, 0.6) is 0 Å². The van der Waals surface area contributed by atoms with Gasteiger partial charge in [0.1, 0.15) is 0 Å². The summed E-state index contributed by atoms with van der Waals surface area (Å²) in [5.74, 6) is 2.13. The third kappa shape index (κ3) is 4.24. The predicted octanol–water partition coefficient (Wildman–Crippen LogP) is 2.50. The zero-order valence-corrected chi connectivity index (χ0v) is 11.9. The van der Waals surface area contributed by atoms with Crippen molar-refractivity contribution in [2.75, 3.05) is 24.7 Å². The lowest BCUT2D eigenvalue weighted by atomic mass is 10.2. The average Bonchev–Trinajstić information content (AvgIpc) is 2.85. The van der Waals surface area contributed by atoms with Gasteiger partial charge in [-0.3, -0.25) is 4.98 Å². The van der Waals surface area contributed by atoms with E-state index >= 15 is 0 Å². The van der Waals surface area contributed by atoms with Gasteiger partial charge in [-0.05, 0) is 35.2 Å². The van der Waals surface area contributed by atoms with Crippen LogP contribution in [0.1, 0.15) is 12.0 Å². The standard InChI is InChI=1S/C13H18N2OS2/c16-4-1-5-17-7-3-14-9-11-8-13-12(15-10-11)2-6-18-13/h2,6,8,10,14,16H,1,3-5,7,9H2. The van der Waals surface area contributed by atoms with Crippen LogP contribution in [0, 0.1) is 0 Å². The molecule has 5 heteroatoms. The van der Waals surface area contributed by atoms with Crippen LogP contribution in [0.4, 0.5) is 0 Å². The summed E-state index contributed by atoms with van der Waals surface area (Å²) in [4.78, 5) is 4.42. The molecule has 0 saturated heterocycles. The maximum absolute atomic E-state index is 8.65. The van der Waals surface area contributed by atoms with Crippen LogP contribution >= 0.6 is 23.1 Å². The number of pyridine rings is 1. The number of hydrogen-bond acceptors (Lipinski definition) is 5. The molecule has 0 aliphatic carbocycles. The molecule has 2 rings (SSSR count). The summed E-state index contributed by atoms with van der Waals surface area (Å²) in [6.45, 7) is 2.17. The largest absolute Gasteiger partial charge is 0.396 e. The summed E-state index contributed by atoms with van der Waals surface area (Å²) < 4.78 is 1.26. The Kier molecular flexibility index (Phi) is 5.93. The zero-order valence-electron chi connectivity index (χ0n) is 10.3. The van der Waals surface area contributed by atoms with Crippen molar-refractivity contribution in [3.8, 4) is 0 Å². The molecule has 0 bridgehead atoms. The summed E-state index contributed by atoms with van der Waals surface area (Å²) >= 11 is 3.62. The SMILES string of the molecule is OCCCSCCNCc1cnc2ccsc2c1. The fourth-order valence-corrected chi connectivity index (χ4v) is 3.26. The topological polar surface area (TPSA) is 45.1 Å². The van der Waals surface area contributed by atoms with E-state index in [0.717, 1.165) is 36.5 Å². The average molecular weight is 282 g/mol. The number of rotatable bonds is 8. The van der Waals surface area contributed by atoms with Crippen LogP contribution in [0.2, 0.25) is 0 Å². The molecular weight excluding hydrogens is 264 g/mol. The van der Waals surface area contributed by atoms with Crippen LogP contribution in [0.25, 0.3) is 10.2 Å². The van der Waals surface area contributed by atoms with Gasteiger partial charge < -0.3 is 10.4 Å². The number of aliphatic hydroxyl groups is 1. The summed E-state index contributed by atoms with van der Waals surface area (Å²) in [5, 5.41) is 14.1. The number of thiophene rings is 1. The predicted molar refractivity (Wildman–Crippen MR) is 80.4 cm³/mol. The van der Waals surface area contributed by atoms with Crippen molar-refractivity contribution in [1.29, 1.82) is 0 Å². The molecular formula is C13H18N2OS2. The highest BCUT2D eigenvalue weighted by Gasteiger charge is 1.98. The van der Waals surface area contributed by atoms with Crippen LogP contribution in [0.3, 0.4) is 0 Å². The van der Waals surface area contributed by atoms with Gasteiger partial charge in [-0.1, -0.05) is 0 Å². The lowest BCUT2D eigenvalue weighted by molar-refractivity contribution is 0.296. The first kappa shape index (κ1) is 13.8. The molecule has 0 radical (unpaired) electrons. The van der Waals surface area contributed by atoms with E-state index in [1.165, 1.54) is 10.3 Å². The van der Waals surface area contributed by atoms with Gasteiger partial charge >= 0.3 is 0 Å².